The van der Waals surface area contributed by atoms with Gasteiger partial charge in [-0.25, -0.2) is 0 Å². The van der Waals surface area contributed by atoms with Crippen LogP contribution >= 0.6 is 0 Å². The summed E-state index contributed by atoms with van der Waals surface area (Å²) in [6.45, 7) is 3.71. The standard InChI is InChI=1S/C10H17N3O/c1-13-6-9(7-13)12-10(14)8-2-4-11-5-3-8/h2,9,11H,3-7H2,1H3,(H,12,14). The van der Waals surface area contributed by atoms with Crippen molar-refractivity contribution >= 4 is 5.91 Å². The van der Waals surface area contributed by atoms with Crippen molar-refractivity contribution in [2.24, 2.45) is 0 Å². The molecular formula is C10H17N3O. The van der Waals surface area contributed by atoms with E-state index in [1.54, 1.807) is 0 Å². The van der Waals surface area contributed by atoms with Crippen LogP contribution in [0.2, 0.25) is 0 Å². The quantitative estimate of drug-likeness (QED) is 0.614. The lowest BCUT2D eigenvalue weighted by atomic mass is 10.1. The average molecular weight is 195 g/mol. The van der Waals surface area contributed by atoms with Crippen LogP contribution in [0.25, 0.3) is 0 Å². The normalized spacial score (nSPS) is 23.9. The maximum absolute atomic E-state index is 11.7. The van der Waals surface area contributed by atoms with Crippen molar-refractivity contribution in [1.29, 1.82) is 0 Å². The lowest BCUT2D eigenvalue weighted by Gasteiger charge is -2.36. The highest BCUT2D eigenvalue weighted by molar-refractivity contribution is 5.93. The first-order valence-corrected chi connectivity index (χ1v) is 5.15. The molecule has 0 saturated carbocycles. The molecule has 0 radical (unpaired) electrons. The van der Waals surface area contributed by atoms with Crippen LogP contribution in [0.1, 0.15) is 6.42 Å². The van der Waals surface area contributed by atoms with Crippen molar-refractivity contribution < 1.29 is 4.79 Å². The van der Waals surface area contributed by atoms with Gasteiger partial charge in [0.25, 0.3) is 0 Å². The monoisotopic (exact) mass is 195 g/mol. The predicted octanol–water partition coefficient (Wildman–Crippen LogP) is -0.664. The number of likely N-dealkylation sites (tertiary alicyclic amines) is 1. The van der Waals surface area contributed by atoms with Crippen LogP contribution in [-0.4, -0.2) is 50.1 Å². The molecule has 4 heteroatoms. The molecular weight excluding hydrogens is 178 g/mol. The van der Waals surface area contributed by atoms with Crippen LogP contribution < -0.4 is 10.6 Å². The molecule has 0 atom stereocenters. The number of carbonyl (C=O) groups is 1. The fraction of sp³-hybridized carbons (Fsp3) is 0.700. The largest absolute Gasteiger partial charge is 0.347 e. The molecule has 0 unspecified atom stereocenters. The molecule has 4 nitrogen and oxygen atoms in total. The third-order valence-corrected chi connectivity index (χ3v) is 2.75. The van der Waals surface area contributed by atoms with Gasteiger partial charge >= 0.3 is 0 Å². The summed E-state index contributed by atoms with van der Waals surface area (Å²) in [4.78, 5) is 13.9. The van der Waals surface area contributed by atoms with Gasteiger partial charge in [-0.3, -0.25) is 4.79 Å². The summed E-state index contributed by atoms with van der Waals surface area (Å²) in [5.74, 6) is 0.129. The molecule has 2 heterocycles. The molecule has 0 aliphatic carbocycles. The summed E-state index contributed by atoms with van der Waals surface area (Å²) in [6, 6.07) is 0.364. The second-order valence-corrected chi connectivity index (χ2v) is 4.08. The lowest BCUT2D eigenvalue weighted by Crippen LogP contribution is -2.57. The Morgan fingerprint density at radius 1 is 1.64 bits per heavy atom. The van der Waals surface area contributed by atoms with Crippen molar-refractivity contribution in [3.8, 4) is 0 Å². The zero-order chi connectivity index (χ0) is 9.97. The zero-order valence-electron chi connectivity index (χ0n) is 8.55. The third-order valence-electron chi connectivity index (χ3n) is 2.75. The van der Waals surface area contributed by atoms with E-state index in [4.69, 9.17) is 0 Å². The van der Waals surface area contributed by atoms with E-state index in [1.807, 2.05) is 6.08 Å². The Morgan fingerprint density at radius 3 is 3.00 bits per heavy atom. The molecule has 14 heavy (non-hydrogen) atoms. The molecule has 78 valence electrons. The zero-order valence-corrected chi connectivity index (χ0v) is 8.55. The minimum absolute atomic E-state index is 0.129. The van der Waals surface area contributed by atoms with E-state index in [0.717, 1.165) is 38.2 Å². The third kappa shape index (κ3) is 2.13. The van der Waals surface area contributed by atoms with E-state index < -0.39 is 0 Å². The predicted molar refractivity (Wildman–Crippen MR) is 55.0 cm³/mol. The summed E-state index contributed by atoms with van der Waals surface area (Å²) in [7, 11) is 2.06. The van der Waals surface area contributed by atoms with Crippen molar-refractivity contribution in [3.05, 3.63) is 11.6 Å². The summed E-state index contributed by atoms with van der Waals surface area (Å²) in [6.07, 6.45) is 2.84. The van der Waals surface area contributed by atoms with Gasteiger partial charge in [0.05, 0.1) is 6.04 Å². The average Bonchev–Trinajstić information content (AvgIpc) is 2.17. The Kier molecular flexibility index (Phi) is 2.84. The summed E-state index contributed by atoms with van der Waals surface area (Å²) in [5.41, 5.74) is 0.943. The second-order valence-electron chi connectivity index (χ2n) is 4.08. The molecule has 0 bridgehead atoms. The summed E-state index contributed by atoms with van der Waals surface area (Å²) in [5, 5.41) is 6.23. The molecule has 0 spiro atoms. The van der Waals surface area contributed by atoms with Crippen molar-refractivity contribution in [1.82, 2.24) is 15.5 Å². The minimum atomic E-state index is 0.129. The molecule has 2 N–H and O–H groups in total. The number of hydrogen-bond acceptors (Lipinski definition) is 3. The first-order chi connectivity index (χ1) is 6.75. The van der Waals surface area contributed by atoms with E-state index in [9.17, 15) is 4.79 Å². The molecule has 2 rings (SSSR count). The van der Waals surface area contributed by atoms with Gasteiger partial charge in [-0.1, -0.05) is 6.08 Å². The highest BCUT2D eigenvalue weighted by Gasteiger charge is 2.25. The molecule has 1 fully saturated rings. The van der Waals surface area contributed by atoms with E-state index >= 15 is 0 Å². The Hall–Kier alpha value is -0.870. The van der Waals surface area contributed by atoms with E-state index in [-0.39, 0.29) is 5.91 Å². The van der Waals surface area contributed by atoms with Crippen molar-refractivity contribution in [3.63, 3.8) is 0 Å². The molecule has 0 aromatic heterocycles. The van der Waals surface area contributed by atoms with E-state index in [2.05, 4.69) is 22.6 Å². The van der Waals surface area contributed by atoms with Crippen molar-refractivity contribution in [2.75, 3.05) is 33.2 Å². The summed E-state index contributed by atoms with van der Waals surface area (Å²) >= 11 is 0. The SMILES string of the molecule is CN1CC(NC(=O)C2=CCNCC2)C1. The number of carbonyl (C=O) groups excluding carboxylic acids is 1. The van der Waals surface area contributed by atoms with E-state index in [1.165, 1.54) is 0 Å². The Bertz CT molecular complexity index is 256. The maximum atomic E-state index is 11.7. The van der Waals surface area contributed by atoms with Crippen LogP contribution in [0, 0.1) is 0 Å². The minimum Gasteiger partial charge on any atom is -0.347 e. The highest BCUT2D eigenvalue weighted by atomic mass is 16.1. The smallest absolute Gasteiger partial charge is 0.247 e. The Balaban J connectivity index is 1.80. The lowest BCUT2D eigenvalue weighted by molar-refractivity contribution is -0.119. The topological polar surface area (TPSA) is 44.4 Å². The number of amides is 1. The van der Waals surface area contributed by atoms with Gasteiger partial charge in [0.15, 0.2) is 0 Å². The number of likely N-dealkylation sites (N-methyl/N-ethyl adjacent to an activating group) is 1. The first-order valence-electron chi connectivity index (χ1n) is 5.15. The van der Waals surface area contributed by atoms with Crippen LogP contribution in [0.5, 0.6) is 0 Å². The first kappa shape index (κ1) is 9.68. The fourth-order valence-corrected chi connectivity index (χ4v) is 1.90. The molecule has 0 aromatic carbocycles. The van der Waals surface area contributed by atoms with Gasteiger partial charge in [0, 0.05) is 25.2 Å². The van der Waals surface area contributed by atoms with Gasteiger partial charge < -0.3 is 15.5 Å². The van der Waals surface area contributed by atoms with E-state index in [0.29, 0.717) is 6.04 Å². The molecule has 2 aliphatic rings. The fourth-order valence-electron chi connectivity index (χ4n) is 1.90. The van der Waals surface area contributed by atoms with Gasteiger partial charge in [-0.15, -0.1) is 0 Å². The van der Waals surface area contributed by atoms with Gasteiger partial charge in [0.1, 0.15) is 0 Å². The Labute approximate surface area is 84.3 Å². The van der Waals surface area contributed by atoms with Crippen molar-refractivity contribution in [2.45, 2.75) is 12.5 Å². The Morgan fingerprint density at radius 2 is 2.43 bits per heavy atom. The molecule has 1 saturated heterocycles. The number of nitrogens with one attached hydrogen (secondary N) is 2. The molecule has 1 amide bonds. The summed E-state index contributed by atoms with van der Waals surface area (Å²) < 4.78 is 0. The number of nitrogens with zero attached hydrogens (tertiary/aromatic N) is 1. The maximum Gasteiger partial charge on any atom is 0.247 e. The molecule has 0 aromatic rings. The highest BCUT2D eigenvalue weighted by Crippen LogP contribution is 2.08. The second kappa shape index (κ2) is 4.11. The number of hydrogen-bond donors (Lipinski definition) is 2. The van der Waals surface area contributed by atoms with Gasteiger partial charge in [-0.05, 0) is 20.0 Å². The van der Waals surface area contributed by atoms with Crippen LogP contribution in [-0.2, 0) is 4.79 Å². The van der Waals surface area contributed by atoms with Gasteiger partial charge in [-0.2, -0.15) is 0 Å². The van der Waals surface area contributed by atoms with Crippen LogP contribution in [0.15, 0.2) is 11.6 Å². The number of rotatable bonds is 2. The van der Waals surface area contributed by atoms with Crippen LogP contribution in [0.4, 0.5) is 0 Å². The molecule has 2 aliphatic heterocycles. The van der Waals surface area contributed by atoms with Gasteiger partial charge in [0.2, 0.25) is 5.91 Å². The van der Waals surface area contributed by atoms with Crippen LogP contribution in [0.3, 0.4) is 0 Å².